The normalized spacial score (nSPS) is 19.3. The molecule has 1 aliphatic heterocycles. The number of halogens is 2. The highest BCUT2D eigenvalue weighted by Crippen LogP contribution is 2.33. The second-order valence-corrected chi connectivity index (χ2v) is 10.1. The van der Waals surface area contributed by atoms with Gasteiger partial charge in [0.15, 0.2) is 0 Å². The third-order valence-corrected chi connectivity index (χ3v) is 8.33. The van der Waals surface area contributed by atoms with E-state index < -0.39 is 10.0 Å². The molecule has 1 aliphatic carbocycles. The number of carbonyl (C=O) groups excluding carboxylic acids is 1. The van der Waals surface area contributed by atoms with Crippen molar-refractivity contribution >= 4 is 39.1 Å². The maximum Gasteiger partial charge on any atom is 0.246 e. The van der Waals surface area contributed by atoms with Crippen LogP contribution in [0.25, 0.3) is 0 Å². The lowest BCUT2D eigenvalue weighted by Gasteiger charge is -2.31. The molecule has 0 radical (unpaired) electrons. The highest BCUT2D eigenvalue weighted by Gasteiger charge is 2.34. The zero-order valence-electron chi connectivity index (χ0n) is 15.8. The lowest BCUT2D eigenvalue weighted by molar-refractivity contribution is -0.126. The van der Waals surface area contributed by atoms with Crippen LogP contribution in [0.3, 0.4) is 0 Å². The Morgan fingerprint density at radius 1 is 1.14 bits per heavy atom. The van der Waals surface area contributed by atoms with Crippen molar-refractivity contribution in [3.8, 4) is 0 Å². The molecule has 1 aromatic rings. The summed E-state index contributed by atoms with van der Waals surface area (Å²) in [4.78, 5) is 12.4. The Kier molecular flexibility index (Phi) is 7.42. The van der Waals surface area contributed by atoms with Crippen LogP contribution in [-0.4, -0.2) is 38.3 Å². The number of benzene rings is 1. The van der Waals surface area contributed by atoms with Crippen LogP contribution >= 0.6 is 23.2 Å². The highest BCUT2D eigenvalue weighted by atomic mass is 35.5. The lowest BCUT2D eigenvalue weighted by atomic mass is 9.96. The molecule has 1 heterocycles. The van der Waals surface area contributed by atoms with Crippen LogP contribution in [0, 0.1) is 5.92 Å². The number of hydrogen-bond acceptors (Lipinski definition) is 3. The minimum atomic E-state index is -3.77. The molecule has 0 aromatic heterocycles. The van der Waals surface area contributed by atoms with Crippen LogP contribution in [0.4, 0.5) is 0 Å². The standard InChI is InChI=1S/C20H26Cl2N2O3S/c21-17-7-4-8-18(22)19(17)28(26,27)24-13-10-16(11-14-24)20(25)23-12-9-15-5-2-1-3-6-15/h4-5,7-8,16H,1-3,6,9-14H2,(H,23,25). The largest absolute Gasteiger partial charge is 0.356 e. The number of hydrogen-bond donors (Lipinski definition) is 1. The molecule has 154 valence electrons. The molecule has 0 bridgehead atoms. The minimum absolute atomic E-state index is 0.0178. The summed E-state index contributed by atoms with van der Waals surface area (Å²) in [6, 6.07) is 4.65. The van der Waals surface area contributed by atoms with E-state index in [1.807, 2.05) is 0 Å². The second-order valence-electron chi connectivity index (χ2n) is 7.38. The maximum atomic E-state index is 12.9. The first-order valence-corrected chi connectivity index (χ1v) is 12.0. The molecule has 1 amide bonds. The van der Waals surface area contributed by atoms with E-state index in [0.29, 0.717) is 19.4 Å². The van der Waals surface area contributed by atoms with Gasteiger partial charge in [-0.1, -0.05) is 40.9 Å². The van der Waals surface area contributed by atoms with Crippen molar-refractivity contribution in [2.24, 2.45) is 5.92 Å². The van der Waals surface area contributed by atoms with Gasteiger partial charge in [0.25, 0.3) is 0 Å². The van der Waals surface area contributed by atoms with E-state index in [9.17, 15) is 13.2 Å². The van der Waals surface area contributed by atoms with Gasteiger partial charge in [-0.05, 0) is 57.1 Å². The molecule has 28 heavy (non-hydrogen) atoms. The molecule has 1 saturated heterocycles. The molecule has 8 heteroatoms. The first-order chi connectivity index (χ1) is 13.4. The van der Waals surface area contributed by atoms with Gasteiger partial charge in [-0.15, -0.1) is 0 Å². The van der Waals surface area contributed by atoms with Gasteiger partial charge in [-0.25, -0.2) is 8.42 Å². The third kappa shape index (κ3) is 5.09. The lowest BCUT2D eigenvalue weighted by Crippen LogP contribution is -2.43. The molecule has 0 atom stereocenters. The van der Waals surface area contributed by atoms with E-state index in [1.165, 1.54) is 34.9 Å². The second kappa shape index (κ2) is 9.61. The summed E-state index contributed by atoms with van der Waals surface area (Å²) in [7, 11) is -3.77. The fourth-order valence-electron chi connectivity index (χ4n) is 3.84. The van der Waals surface area contributed by atoms with Crippen molar-refractivity contribution in [1.82, 2.24) is 9.62 Å². The van der Waals surface area contributed by atoms with Crippen LogP contribution in [0.1, 0.15) is 44.9 Å². The summed E-state index contributed by atoms with van der Waals surface area (Å²) < 4.78 is 27.2. The molecule has 1 N–H and O–H groups in total. The average Bonchev–Trinajstić information content (AvgIpc) is 2.68. The Hall–Kier alpha value is -1.08. The Morgan fingerprint density at radius 2 is 1.82 bits per heavy atom. The minimum Gasteiger partial charge on any atom is -0.356 e. The van der Waals surface area contributed by atoms with E-state index in [-0.39, 0.29) is 39.9 Å². The van der Waals surface area contributed by atoms with E-state index in [2.05, 4.69) is 11.4 Å². The van der Waals surface area contributed by atoms with Crippen LogP contribution in [0.5, 0.6) is 0 Å². The van der Waals surface area contributed by atoms with Crippen LogP contribution < -0.4 is 5.32 Å². The fraction of sp³-hybridized carbons (Fsp3) is 0.550. The Labute approximate surface area is 177 Å². The summed E-state index contributed by atoms with van der Waals surface area (Å²) in [6.07, 6.45) is 8.97. The monoisotopic (exact) mass is 444 g/mol. The molecule has 3 rings (SSSR count). The van der Waals surface area contributed by atoms with Crippen LogP contribution in [0.15, 0.2) is 34.7 Å². The smallest absolute Gasteiger partial charge is 0.246 e. The van der Waals surface area contributed by atoms with E-state index in [4.69, 9.17) is 23.2 Å². The highest BCUT2D eigenvalue weighted by molar-refractivity contribution is 7.89. The molecule has 0 unspecified atom stereocenters. The van der Waals surface area contributed by atoms with Crippen molar-refractivity contribution < 1.29 is 13.2 Å². The number of amides is 1. The van der Waals surface area contributed by atoms with E-state index in [0.717, 1.165) is 19.3 Å². The zero-order chi connectivity index (χ0) is 20.1. The Morgan fingerprint density at radius 3 is 2.43 bits per heavy atom. The first kappa shape index (κ1) is 21.6. The quantitative estimate of drug-likeness (QED) is 0.660. The van der Waals surface area contributed by atoms with Gasteiger partial charge in [0, 0.05) is 25.6 Å². The number of rotatable bonds is 6. The first-order valence-electron chi connectivity index (χ1n) is 9.79. The summed E-state index contributed by atoms with van der Waals surface area (Å²) >= 11 is 12.1. The van der Waals surface area contributed by atoms with Gasteiger partial charge in [0.2, 0.25) is 15.9 Å². The summed E-state index contributed by atoms with van der Waals surface area (Å²) in [6.45, 7) is 1.22. The maximum absolute atomic E-state index is 12.9. The molecule has 1 fully saturated rings. The Balaban J connectivity index is 1.52. The van der Waals surface area contributed by atoms with E-state index in [1.54, 1.807) is 6.07 Å². The fourth-order valence-corrected chi connectivity index (χ4v) is 6.40. The van der Waals surface area contributed by atoms with Gasteiger partial charge in [-0.3, -0.25) is 4.79 Å². The Bertz CT molecular complexity index is 827. The SMILES string of the molecule is O=C(NCCC1=CCCCC1)C1CCN(S(=O)(=O)c2c(Cl)cccc2Cl)CC1. The van der Waals surface area contributed by atoms with E-state index >= 15 is 0 Å². The summed E-state index contributed by atoms with van der Waals surface area (Å²) in [5.74, 6) is -0.141. The van der Waals surface area contributed by atoms with Gasteiger partial charge >= 0.3 is 0 Å². The summed E-state index contributed by atoms with van der Waals surface area (Å²) in [5.41, 5.74) is 1.43. The number of allylic oxidation sites excluding steroid dienone is 1. The van der Waals surface area contributed by atoms with Crippen molar-refractivity contribution in [1.29, 1.82) is 0 Å². The number of sulfonamides is 1. The molecular formula is C20H26Cl2N2O3S. The molecule has 2 aliphatic rings. The average molecular weight is 445 g/mol. The predicted octanol–water partition coefficient (Wildman–Crippen LogP) is 4.40. The number of nitrogens with one attached hydrogen (secondary N) is 1. The van der Waals surface area contributed by atoms with Crippen molar-refractivity contribution in [2.45, 2.75) is 49.8 Å². The molecular weight excluding hydrogens is 419 g/mol. The zero-order valence-corrected chi connectivity index (χ0v) is 18.1. The van der Waals surface area contributed by atoms with Gasteiger partial charge in [0.05, 0.1) is 10.0 Å². The number of nitrogens with zero attached hydrogens (tertiary/aromatic N) is 1. The number of carbonyl (C=O) groups is 1. The number of piperidine rings is 1. The van der Waals surface area contributed by atoms with Gasteiger partial charge < -0.3 is 5.32 Å². The van der Waals surface area contributed by atoms with Crippen molar-refractivity contribution in [2.75, 3.05) is 19.6 Å². The van der Waals surface area contributed by atoms with Crippen molar-refractivity contribution in [3.05, 3.63) is 39.9 Å². The van der Waals surface area contributed by atoms with Crippen LogP contribution in [-0.2, 0) is 14.8 Å². The molecule has 0 saturated carbocycles. The molecule has 5 nitrogen and oxygen atoms in total. The van der Waals surface area contributed by atoms with Crippen LogP contribution in [0.2, 0.25) is 10.0 Å². The predicted molar refractivity (Wildman–Crippen MR) is 112 cm³/mol. The topological polar surface area (TPSA) is 66.5 Å². The van der Waals surface area contributed by atoms with Gasteiger partial charge in [-0.2, -0.15) is 4.31 Å². The summed E-state index contributed by atoms with van der Waals surface area (Å²) in [5, 5.41) is 3.24. The third-order valence-electron chi connectivity index (χ3n) is 5.47. The van der Waals surface area contributed by atoms with Crippen molar-refractivity contribution in [3.63, 3.8) is 0 Å². The van der Waals surface area contributed by atoms with Gasteiger partial charge in [0.1, 0.15) is 4.90 Å². The molecule has 0 spiro atoms. The molecule has 1 aromatic carbocycles.